The lowest BCUT2D eigenvalue weighted by molar-refractivity contribution is -0.186. The Bertz CT molecular complexity index is 1010. The molecule has 2 aromatic rings. The highest BCUT2D eigenvalue weighted by molar-refractivity contribution is 7.97. The van der Waals surface area contributed by atoms with E-state index in [0.29, 0.717) is 23.6 Å². The maximum absolute atomic E-state index is 13.2. The van der Waals surface area contributed by atoms with Crippen molar-refractivity contribution in [2.75, 3.05) is 18.8 Å². The van der Waals surface area contributed by atoms with Gasteiger partial charge in [0, 0.05) is 30.7 Å². The highest BCUT2D eigenvalue weighted by atomic mass is 35.5. The largest absolute Gasteiger partial charge is 0.396 e. The summed E-state index contributed by atoms with van der Waals surface area (Å²) >= 11 is 13.3. The first-order valence-corrected chi connectivity index (χ1v) is 11.7. The first-order chi connectivity index (χ1) is 15.6. The summed E-state index contributed by atoms with van der Waals surface area (Å²) in [5.74, 6) is -1.68. The number of aryl methyl sites for hydroxylation is 1. The predicted molar refractivity (Wildman–Crippen MR) is 123 cm³/mol. The van der Waals surface area contributed by atoms with E-state index in [1.54, 1.807) is 35.0 Å². The van der Waals surface area contributed by atoms with Gasteiger partial charge < -0.3 is 15.2 Å². The zero-order valence-corrected chi connectivity index (χ0v) is 19.7. The zero-order chi connectivity index (χ0) is 24.2. The fourth-order valence-corrected chi connectivity index (χ4v) is 5.09. The summed E-state index contributed by atoms with van der Waals surface area (Å²) in [6.45, 7) is 0.457. The van der Waals surface area contributed by atoms with Crippen LogP contribution in [0.1, 0.15) is 25.0 Å². The number of nitrogens with one attached hydrogen (secondary N) is 1. The van der Waals surface area contributed by atoms with Gasteiger partial charge >= 0.3 is 6.18 Å². The van der Waals surface area contributed by atoms with Crippen molar-refractivity contribution in [3.05, 3.63) is 46.2 Å². The maximum Gasteiger partial charge on any atom is 0.391 e. The highest BCUT2D eigenvalue weighted by Crippen LogP contribution is 2.35. The van der Waals surface area contributed by atoms with Crippen LogP contribution in [-0.4, -0.2) is 40.7 Å². The number of hydrogen-bond acceptors (Lipinski definition) is 5. The van der Waals surface area contributed by atoms with E-state index in [4.69, 9.17) is 28.9 Å². The molecule has 0 radical (unpaired) electrons. The molecule has 1 unspecified atom stereocenters. The number of nitriles is 1. The molecule has 1 aliphatic rings. The van der Waals surface area contributed by atoms with Crippen LogP contribution in [0.25, 0.3) is 0 Å². The molecule has 0 spiro atoms. The third-order valence-corrected chi connectivity index (χ3v) is 7.04. The van der Waals surface area contributed by atoms with Crippen LogP contribution in [0.15, 0.2) is 35.4 Å². The average Bonchev–Trinajstić information content (AvgIpc) is 3.24. The topological polar surface area (TPSA) is 87.1 Å². The number of nitrogens with two attached hydrogens (primary N) is 1. The van der Waals surface area contributed by atoms with E-state index in [2.05, 4.69) is 10.8 Å². The number of benzene rings is 1. The molecule has 6 nitrogen and oxygen atoms in total. The second kappa shape index (κ2) is 10.9. The van der Waals surface area contributed by atoms with Crippen molar-refractivity contribution in [1.29, 1.82) is 5.26 Å². The number of amides is 1. The lowest BCUT2D eigenvalue weighted by Gasteiger charge is -2.35. The highest BCUT2D eigenvalue weighted by Gasteiger charge is 2.42. The SMILES string of the molecule is N#Cc1cccn1CCC(NSc1cc(Cl)c(N)c(Cl)c1)C(=O)N1CCC(C(F)(F)F)CC1. The van der Waals surface area contributed by atoms with E-state index in [9.17, 15) is 23.2 Å². The summed E-state index contributed by atoms with van der Waals surface area (Å²) in [5, 5.41) is 9.76. The molecule has 0 saturated carbocycles. The van der Waals surface area contributed by atoms with Crippen molar-refractivity contribution in [2.24, 2.45) is 5.92 Å². The van der Waals surface area contributed by atoms with Gasteiger partial charge in [0.1, 0.15) is 11.8 Å². The number of piperidine rings is 1. The predicted octanol–water partition coefficient (Wildman–Crippen LogP) is 5.11. The number of hydrogen-bond donors (Lipinski definition) is 2. The van der Waals surface area contributed by atoms with Crippen molar-refractivity contribution < 1.29 is 18.0 Å². The molecule has 178 valence electrons. The minimum absolute atomic E-state index is 0.0400. The molecule has 3 N–H and O–H groups in total. The Labute approximate surface area is 203 Å². The minimum Gasteiger partial charge on any atom is -0.396 e. The summed E-state index contributed by atoms with van der Waals surface area (Å²) in [7, 11) is 0. The van der Waals surface area contributed by atoms with E-state index in [1.807, 2.05) is 0 Å². The first kappa shape index (κ1) is 25.6. The molecule has 1 amide bonds. The van der Waals surface area contributed by atoms with Crippen LogP contribution in [-0.2, 0) is 11.3 Å². The van der Waals surface area contributed by atoms with Crippen LogP contribution < -0.4 is 10.5 Å². The molecule has 1 saturated heterocycles. The number of nitrogen functional groups attached to an aromatic ring is 1. The van der Waals surface area contributed by atoms with Gasteiger partial charge in [-0.25, -0.2) is 4.72 Å². The lowest BCUT2D eigenvalue weighted by Crippen LogP contribution is -2.49. The number of rotatable bonds is 7. The van der Waals surface area contributed by atoms with Crippen LogP contribution in [0.4, 0.5) is 18.9 Å². The van der Waals surface area contributed by atoms with Gasteiger partial charge in [-0.3, -0.25) is 4.79 Å². The summed E-state index contributed by atoms with van der Waals surface area (Å²) < 4.78 is 43.8. The molecular weight excluding hydrogens is 498 g/mol. The van der Waals surface area contributed by atoms with E-state index in [1.165, 1.54) is 4.90 Å². The average molecular weight is 520 g/mol. The number of anilines is 1. The van der Waals surface area contributed by atoms with Gasteiger partial charge in [0.05, 0.1) is 27.7 Å². The quantitative estimate of drug-likeness (QED) is 0.392. The number of carbonyl (C=O) groups excluding carboxylic acids is 1. The monoisotopic (exact) mass is 519 g/mol. The Morgan fingerprint density at radius 2 is 1.94 bits per heavy atom. The Morgan fingerprint density at radius 3 is 2.52 bits per heavy atom. The third-order valence-electron chi connectivity index (χ3n) is 5.54. The van der Waals surface area contributed by atoms with Gasteiger partial charge in [-0.2, -0.15) is 18.4 Å². The van der Waals surface area contributed by atoms with Crippen molar-refractivity contribution in [3.8, 4) is 6.07 Å². The third kappa shape index (κ3) is 6.51. The van der Waals surface area contributed by atoms with Crippen molar-refractivity contribution >= 4 is 46.7 Å². The molecule has 3 rings (SSSR count). The second-order valence-corrected chi connectivity index (χ2v) is 9.43. The Hall–Kier alpha value is -2.06. The van der Waals surface area contributed by atoms with E-state index in [-0.39, 0.29) is 47.6 Å². The molecule has 33 heavy (non-hydrogen) atoms. The Morgan fingerprint density at radius 1 is 1.30 bits per heavy atom. The number of alkyl halides is 3. The van der Waals surface area contributed by atoms with Gasteiger partial charge in [0.15, 0.2) is 0 Å². The van der Waals surface area contributed by atoms with E-state index in [0.717, 1.165) is 11.9 Å². The molecule has 0 bridgehead atoms. The molecule has 1 aliphatic heterocycles. The molecular formula is C21H22Cl2F3N5OS. The molecule has 0 aliphatic carbocycles. The van der Waals surface area contributed by atoms with Gasteiger partial charge in [-0.1, -0.05) is 23.2 Å². The lowest BCUT2D eigenvalue weighted by atomic mass is 9.95. The summed E-state index contributed by atoms with van der Waals surface area (Å²) in [4.78, 5) is 15.3. The van der Waals surface area contributed by atoms with Crippen LogP contribution in [0.2, 0.25) is 10.0 Å². The molecule has 1 atom stereocenters. The smallest absolute Gasteiger partial charge is 0.391 e. The van der Waals surface area contributed by atoms with E-state index < -0.39 is 18.1 Å². The standard InChI is InChI=1S/C21H22Cl2F3N5OS/c22-16-10-15(11-17(23)19(16)28)33-29-18(5-9-30-6-1-2-14(30)12-27)20(32)31-7-3-13(4-8-31)21(24,25)26/h1-2,6,10-11,13,18,29H,3-5,7-9,28H2. The first-order valence-electron chi connectivity index (χ1n) is 10.2. The Balaban J connectivity index is 1.71. The molecule has 1 fully saturated rings. The fourth-order valence-electron chi connectivity index (χ4n) is 3.62. The van der Waals surface area contributed by atoms with Crippen LogP contribution >= 0.6 is 35.1 Å². The zero-order valence-electron chi connectivity index (χ0n) is 17.4. The number of halogens is 5. The molecule has 1 aromatic carbocycles. The van der Waals surface area contributed by atoms with Crippen LogP contribution in [0.5, 0.6) is 0 Å². The Kier molecular flexibility index (Phi) is 8.45. The minimum atomic E-state index is -4.25. The van der Waals surface area contributed by atoms with Crippen molar-refractivity contribution in [2.45, 2.75) is 42.9 Å². The van der Waals surface area contributed by atoms with Crippen molar-refractivity contribution in [1.82, 2.24) is 14.2 Å². The number of carbonyl (C=O) groups is 1. The summed E-state index contributed by atoms with van der Waals surface area (Å²) in [5.41, 5.74) is 6.46. The summed E-state index contributed by atoms with van der Waals surface area (Å²) in [6.07, 6.45) is -2.42. The van der Waals surface area contributed by atoms with E-state index >= 15 is 0 Å². The maximum atomic E-state index is 13.2. The van der Waals surface area contributed by atoms with Gasteiger partial charge in [-0.15, -0.1) is 0 Å². The second-order valence-electron chi connectivity index (χ2n) is 7.70. The van der Waals surface area contributed by atoms with Gasteiger partial charge in [-0.05, 0) is 55.5 Å². The van der Waals surface area contributed by atoms with Crippen LogP contribution in [0, 0.1) is 17.2 Å². The normalized spacial score (nSPS) is 15.9. The molecule has 12 heteroatoms. The molecule has 1 aromatic heterocycles. The van der Waals surface area contributed by atoms with Gasteiger partial charge in [0.2, 0.25) is 5.91 Å². The number of likely N-dealkylation sites (tertiary alicyclic amines) is 1. The van der Waals surface area contributed by atoms with Crippen LogP contribution in [0.3, 0.4) is 0 Å². The van der Waals surface area contributed by atoms with Gasteiger partial charge in [0.25, 0.3) is 0 Å². The number of aromatic nitrogens is 1. The summed E-state index contributed by atoms with van der Waals surface area (Å²) in [6, 6.07) is 7.99. The molecule has 2 heterocycles. The van der Waals surface area contributed by atoms with Crippen molar-refractivity contribution in [3.63, 3.8) is 0 Å². The fraction of sp³-hybridized carbons (Fsp3) is 0.429. The number of nitrogens with zero attached hydrogens (tertiary/aromatic N) is 3.